The first-order valence-corrected chi connectivity index (χ1v) is 8.34. The molecule has 0 radical (unpaired) electrons. The summed E-state index contributed by atoms with van der Waals surface area (Å²) in [4.78, 5) is 21.2. The van der Waals surface area contributed by atoms with E-state index in [4.69, 9.17) is 0 Å². The minimum absolute atomic E-state index is 0.0908. The second-order valence-electron chi connectivity index (χ2n) is 6.28. The predicted octanol–water partition coefficient (Wildman–Crippen LogP) is 2.90. The number of benzene rings is 1. The highest BCUT2D eigenvalue weighted by molar-refractivity contribution is 5.58. The van der Waals surface area contributed by atoms with Crippen LogP contribution < -0.4 is 15.5 Å². The molecule has 2 aromatic rings. The van der Waals surface area contributed by atoms with E-state index in [-0.39, 0.29) is 23.6 Å². The highest BCUT2D eigenvalue weighted by Crippen LogP contribution is 2.29. The summed E-state index contributed by atoms with van der Waals surface area (Å²) in [5, 5.41) is 17.4. The lowest BCUT2D eigenvalue weighted by atomic mass is 10.2. The Kier molecular flexibility index (Phi) is 4.97. The molecule has 0 spiro atoms. The summed E-state index contributed by atoms with van der Waals surface area (Å²) in [6.07, 6.45) is 3.29. The Morgan fingerprint density at radius 3 is 2.72 bits per heavy atom. The average molecular weight is 342 g/mol. The zero-order valence-electron chi connectivity index (χ0n) is 14.3. The minimum atomic E-state index is -0.458. The Morgan fingerprint density at radius 1 is 1.36 bits per heavy atom. The van der Waals surface area contributed by atoms with Gasteiger partial charge >= 0.3 is 5.69 Å². The van der Waals surface area contributed by atoms with Gasteiger partial charge in [0.2, 0.25) is 11.8 Å². The molecule has 8 nitrogen and oxygen atoms in total. The van der Waals surface area contributed by atoms with Gasteiger partial charge in [0.15, 0.2) is 0 Å². The van der Waals surface area contributed by atoms with Gasteiger partial charge in [0.1, 0.15) is 6.20 Å². The van der Waals surface area contributed by atoms with Crippen LogP contribution in [0.2, 0.25) is 0 Å². The fraction of sp³-hybridized carbons (Fsp3) is 0.412. The lowest BCUT2D eigenvalue weighted by Crippen LogP contribution is -2.35. The van der Waals surface area contributed by atoms with Crippen LogP contribution in [-0.4, -0.2) is 40.6 Å². The highest BCUT2D eigenvalue weighted by atomic mass is 16.6. The zero-order valence-corrected chi connectivity index (χ0v) is 14.3. The summed E-state index contributed by atoms with van der Waals surface area (Å²) in [6.45, 7) is 2.71. The van der Waals surface area contributed by atoms with Crippen molar-refractivity contribution in [2.24, 2.45) is 0 Å². The van der Waals surface area contributed by atoms with E-state index in [0.29, 0.717) is 12.5 Å². The first-order chi connectivity index (χ1) is 12.0. The molecule has 1 fully saturated rings. The molecule has 2 N–H and O–H groups in total. The number of rotatable bonds is 8. The fourth-order valence-electron chi connectivity index (χ4n) is 2.42. The molecule has 0 amide bonds. The van der Waals surface area contributed by atoms with E-state index >= 15 is 0 Å². The smallest absolute Gasteiger partial charge is 0.329 e. The second kappa shape index (κ2) is 7.33. The summed E-state index contributed by atoms with van der Waals surface area (Å²) in [5.74, 6) is 0.677. The van der Waals surface area contributed by atoms with Crippen LogP contribution in [0, 0.1) is 10.1 Å². The van der Waals surface area contributed by atoms with Crippen molar-refractivity contribution in [3.63, 3.8) is 0 Å². The molecule has 0 aliphatic heterocycles. The number of likely N-dealkylation sites (N-methyl/N-ethyl adjacent to an activating group) is 1. The van der Waals surface area contributed by atoms with Gasteiger partial charge in [-0.3, -0.25) is 10.1 Å². The Bertz CT molecular complexity index is 735. The summed E-state index contributed by atoms with van der Waals surface area (Å²) < 4.78 is 0. The molecule has 1 heterocycles. The van der Waals surface area contributed by atoms with Crippen LogP contribution >= 0.6 is 0 Å². The van der Waals surface area contributed by atoms with Gasteiger partial charge in [-0.2, -0.15) is 4.98 Å². The van der Waals surface area contributed by atoms with Crippen molar-refractivity contribution < 1.29 is 4.92 Å². The van der Waals surface area contributed by atoms with E-state index in [2.05, 4.69) is 44.6 Å². The molecule has 25 heavy (non-hydrogen) atoms. The van der Waals surface area contributed by atoms with Gasteiger partial charge < -0.3 is 15.5 Å². The average Bonchev–Trinajstić information content (AvgIpc) is 3.43. The van der Waals surface area contributed by atoms with Crippen LogP contribution in [0.4, 0.5) is 23.1 Å². The van der Waals surface area contributed by atoms with Gasteiger partial charge in [-0.15, -0.1) is 0 Å². The number of hydrogen-bond acceptors (Lipinski definition) is 7. The molecule has 0 bridgehead atoms. The Hall–Kier alpha value is -2.90. The molecule has 1 aliphatic rings. The largest absolute Gasteiger partial charge is 0.370 e. The number of hydrogen-bond donors (Lipinski definition) is 2. The number of nitrogens with zero attached hydrogens (tertiary/aromatic N) is 4. The number of nitrogens with one attached hydrogen (secondary N) is 2. The molecule has 0 unspecified atom stereocenters. The SMILES string of the molecule is C[C@H](CNc1ncc([N+](=O)[O-])c(NC2CC2)n1)N(C)c1ccccc1. The third-order valence-corrected chi connectivity index (χ3v) is 4.26. The molecule has 1 aromatic heterocycles. The van der Waals surface area contributed by atoms with Crippen molar-refractivity contribution in [2.45, 2.75) is 31.8 Å². The lowest BCUT2D eigenvalue weighted by molar-refractivity contribution is -0.384. The van der Waals surface area contributed by atoms with E-state index in [1.54, 1.807) is 0 Å². The maximum absolute atomic E-state index is 11.1. The first-order valence-electron chi connectivity index (χ1n) is 8.34. The Morgan fingerprint density at radius 2 is 2.08 bits per heavy atom. The van der Waals surface area contributed by atoms with Gasteiger partial charge in [0, 0.05) is 31.4 Å². The monoisotopic (exact) mass is 342 g/mol. The number of nitro groups is 1. The number of para-hydroxylation sites is 1. The fourth-order valence-corrected chi connectivity index (χ4v) is 2.42. The molecule has 0 saturated heterocycles. The maximum atomic E-state index is 11.1. The molecule has 1 aliphatic carbocycles. The summed E-state index contributed by atoms with van der Waals surface area (Å²) in [6, 6.07) is 10.6. The van der Waals surface area contributed by atoms with Crippen molar-refractivity contribution in [3.05, 3.63) is 46.6 Å². The lowest BCUT2D eigenvalue weighted by Gasteiger charge is -2.27. The van der Waals surface area contributed by atoms with Crippen LogP contribution in [0.15, 0.2) is 36.5 Å². The van der Waals surface area contributed by atoms with Gasteiger partial charge in [-0.25, -0.2) is 4.98 Å². The van der Waals surface area contributed by atoms with E-state index in [9.17, 15) is 10.1 Å². The third kappa shape index (κ3) is 4.34. The second-order valence-corrected chi connectivity index (χ2v) is 6.28. The molecule has 1 aromatic carbocycles. The Labute approximate surface area is 146 Å². The molecule has 8 heteroatoms. The topological polar surface area (TPSA) is 96.2 Å². The molecular weight excluding hydrogens is 320 g/mol. The van der Waals surface area contributed by atoms with E-state index in [1.165, 1.54) is 6.20 Å². The minimum Gasteiger partial charge on any atom is -0.370 e. The summed E-state index contributed by atoms with van der Waals surface area (Å²) in [7, 11) is 2.03. The molecule has 1 atom stereocenters. The van der Waals surface area contributed by atoms with Gasteiger partial charge in [-0.05, 0) is 31.9 Å². The molecule has 3 rings (SSSR count). The van der Waals surface area contributed by atoms with E-state index < -0.39 is 4.92 Å². The van der Waals surface area contributed by atoms with Gasteiger partial charge in [0.05, 0.1) is 4.92 Å². The normalized spacial score (nSPS) is 14.6. The van der Waals surface area contributed by atoms with Crippen LogP contribution in [0.5, 0.6) is 0 Å². The molecule has 1 saturated carbocycles. The third-order valence-electron chi connectivity index (χ3n) is 4.26. The van der Waals surface area contributed by atoms with Crippen LogP contribution in [0.1, 0.15) is 19.8 Å². The summed E-state index contributed by atoms with van der Waals surface area (Å²) >= 11 is 0. The molecular formula is C17H22N6O2. The maximum Gasteiger partial charge on any atom is 0.329 e. The number of aromatic nitrogens is 2. The highest BCUT2D eigenvalue weighted by Gasteiger charge is 2.26. The predicted molar refractivity (Wildman–Crippen MR) is 98.1 cm³/mol. The quantitative estimate of drug-likeness (QED) is 0.562. The van der Waals surface area contributed by atoms with Crippen LogP contribution in [0.3, 0.4) is 0 Å². The van der Waals surface area contributed by atoms with Gasteiger partial charge in [0.25, 0.3) is 0 Å². The Balaban J connectivity index is 1.65. The zero-order chi connectivity index (χ0) is 17.8. The first kappa shape index (κ1) is 16.9. The van der Waals surface area contributed by atoms with Crippen LogP contribution in [-0.2, 0) is 0 Å². The van der Waals surface area contributed by atoms with Crippen molar-refractivity contribution in [2.75, 3.05) is 29.1 Å². The van der Waals surface area contributed by atoms with E-state index in [0.717, 1.165) is 18.5 Å². The van der Waals surface area contributed by atoms with Crippen molar-refractivity contribution in [1.29, 1.82) is 0 Å². The molecule has 132 valence electrons. The number of anilines is 3. The van der Waals surface area contributed by atoms with Crippen molar-refractivity contribution in [1.82, 2.24) is 9.97 Å². The van der Waals surface area contributed by atoms with Gasteiger partial charge in [-0.1, -0.05) is 18.2 Å². The summed E-state index contributed by atoms with van der Waals surface area (Å²) in [5.41, 5.74) is 1.03. The van der Waals surface area contributed by atoms with Crippen LogP contribution in [0.25, 0.3) is 0 Å². The van der Waals surface area contributed by atoms with Crippen molar-refractivity contribution in [3.8, 4) is 0 Å². The van der Waals surface area contributed by atoms with E-state index in [1.807, 2.05) is 25.2 Å². The van der Waals surface area contributed by atoms with Crippen molar-refractivity contribution >= 4 is 23.1 Å². The standard InChI is InChI=1S/C17H22N6O2/c1-12(22(2)14-6-4-3-5-7-14)10-18-17-19-11-15(23(24)25)16(21-17)20-13-8-9-13/h3-7,11-13H,8-10H2,1-2H3,(H2,18,19,20,21)/t12-/m1/s1.